The molecule has 0 atom stereocenters. The summed E-state index contributed by atoms with van der Waals surface area (Å²) in [6.45, 7) is 13.2. The third-order valence-corrected chi connectivity index (χ3v) is 9.55. The van der Waals surface area contributed by atoms with E-state index < -0.39 is 7.37 Å². The van der Waals surface area contributed by atoms with Gasteiger partial charge in [0.15, 0.2) is 0 Å². The van der Waals surface area contributed by atoms with Crippen LogP contribution in [0.3, 0.4) is 0 Å². The fraction of sp³-hybridized carbons (Fsp3) is 0.235. The molecule has 5 aromatic rings. The zero-order valence-corrected chi connectivity index (χ0v) is 23.5. The lowest BCUT2D eigenvalue weighted by Crippen LogP contribution is -2.24. The van der Waals surface area contributed by atoms with Crippen LogP contribution < -0.4 is 15.1 Å². The van der Waals surface area contributed by atoms with Gasteiger partial charge < -0.3 is 4.52 Å². The van der Waals surface area contributed by atoms with Crippen LogP contribution in [0.1, 0.15) is 52.7 Å². The van der Waals surface area contributed by atoms with Gasteiger partial charge in [0.1, 0.15) is 5.75 Å². The standard InChI is InChI=1S/C34H35O2P/c1-33(2,3)26-21-22-30(29(23-26)34(4,5)6)36-37(35,31-19-11-15-24-13-7-9-17-27(24)31)32-20-12-16-25-14-8-10-18-28(25)32/h7-23H,1-6H3. The lowest BCUT2D eigenvalue weighted by atomic mass is 9.80. The van der Waals surface area contributed by atoms with Crippen molar-refractivity contribution in [3.05, 3.63) is 114 Å². The molecule has 5 aromatic carbocycles. The molecule has 188 valence electrons. The fourth-order valence-corrected chi connectivity index (χ4v) is 7.46. The van der Waals surface area contributed by atoms with E-state index in [9.17, 15) is 0 Å². The van der Waals surface area contributed by atoms with E-state index in [2.05, 4.69) is 77.9 Å². The van der Waals surface area contributed by atoms with Gasteiger partial charge in [-0.25, -0.2) is 0 Å². The maximum absolute atomic E-state index is 15.6. The molecule has 0 heterocycles. The lowest BCUT2D eigenvalue weighted by Gasteiger charge is -2.30. The molecule has 0 amide bonds. The monoisotopic (exact) mass is 506 g/mol. The molecule has 0 aromatic heterocycles. The molecule has 0 unspecified atom stereocenters. The average molecular weight is 507 g/mol. The van der Waals surface area contributed by atoms with Gasteiger partial charge in [-0.05, 0) is 56.1 Å². The fourth-order valence-electron chi connectivity index (χ4n) is 4.96. The Morgan fingerprint density at radius 2 is 1.05 bits per heavy atom. The highest BCUT2D eigenvalue weighted by molar-refractivity contribution is 7.75. The molecule has 0 N–H and O–H groups in total. The highest BCUT2D eigenvalue weighted by Crippen LogP contribution is 2.50. The van der Waals surface area contributed by atoms with E-state index >= 15 is 4.57 Å². The van der Waals surface area contributed by atoms with E-state index in [-0.39, 0.29) is 10.8 Å². The van der Waals surface area contributed by atoms with Gasteiger partial charge in [0.05, 0.1) is 10.6 Å². The molecule has 0 spiro atoms. The van der Waals surface area contributed by atoms with Gasteiger partial charge in [-0.2, -0.15) is 0 Å². The number of rotatable bonds is 4. The molecule has 0 radical (unpaired) electrons. The molecule has 2 nitrogen and oxygen atoms in total. The summed E-state index contributed by atoms with van der Waals surface area (Å²) in [7, 11) is -3.59. The molecule has 0 saturated carbocycles. The van der Waals surface area contributed by atoms with Gasteiger partial charge in [-0.1, -0.05) is 126 Å². The van der Waals surface area contributed by atoms with Gasteiger partial charge in [-0.3, -0.25) is 4.57 Å². The molecule has 0 aliphatic heterocycles. The van der Waals surface area contributed by atoms with E-state index in [1.807, 2.05) is 66.7 Å². The Balaban J connectivity index is 1.82. The molecular weight excluding hydrogens is 471 g/mol. The topological polar surface area (TPSA) is 26.3 Å². The first-order valence-corrected chi connectivity index (χ1v) is 14.5. The predicted octanol–water partition coefficient (Wildman–Crippen LogP) is 8.90. The SMILES string of the molecule is CC(C)(C)c1ccc(OP(=O)(c2cccc3ccccc23)c2cccc3ccccc23)c(C(C)(C)C)c1. The summed E-state index contributed by atoms with van der Waals surface area (Å²) < 4.78 is 22.4. The minimum Gasteiger partial charge on any atom is -0.437 e. The van der Waals surface area contributed by atoms with E-state index in [0.717, 1.165) is 37.7 Å². The average Bonchev–Trinajstić information content (AvgIpc) is 2.87. The first-order chi connectivity index (χ1) is 17.5. The van der Waals surface area contributed by atoms with E-state index in [1.54, 1.807) is 0 Å². The van der Waals surface area contributed by atoms with Crippen molar-refractivity contribution in [2.75, 3.05) is 0 Å². The molecule has 5 rings (SSSR count). The van der Waals surface area contributed by atoms with Gasteiger partial charge in [0, 0.05) is 5.56 Å². The van der Waals surface area contributed by atoms with Crippen molar-refractivity contribution in [2.24, 2.45) is 0 Å². The van der Waals surface area contributed by atoms with Gasteiger partial charge in [0.2, 0.25) is 0 Å². The molecular formula is C34H35O2P. The third-order valence-electron chi connectivity index (χ3n) is 7.05. The molecule has 3 heteroatoms. The number of fused-ring (bicyclic) bond motifs is 2. The van der Waals surface area contributed by atoms with Crippen LogP contribution in [-0.2, 0) is 15.4 Å². The Morgan fingerprint density at radius 1 is 0.568 bits per heavy atom. The van der Waals surface area contributed by atoms with Crippen LogP contribution in [0.5, 0.6) is 5.75 Å². The summed E-state index contributed by atoms with van der Waals surface area (Å²) in [6.07, 6.45) is 0. The van der Waals surface area contributed by atoms with Gasteiger partial charge in [-0.15, -0.1) is 0 Å². The molecule has 0 saturated heterocycles. The first kappa shape index (κ1) is 25.3. The maximum atomic E-state index is 15.6. The van der Waals surface area contributed by atoms with Crippen molar-refractivity contribution >= 4 is 39.5 Å². The molecule has 0 aliphatic carbocycles. The summed E-state index contributed by atoms with van der Waals surface area (Å²) in [5, 5.41) is 5.43. The van der Waals surface area contributed by atoms with Crippen LogP contribution in [0, 0.1) is 0 Å². The van der Waals surface area contributed by atoms with Gasteiger partial charge in [0.25, 0.3) is 0 Å². The minimum atomic E-state index is -3.59. The van der Waals surface area contributed by atoms with Crippen molar-refractivity contribution in [3.63, 3.8) is 0 Å². The van der Waals surface area contributed by atoms with Crippen LogP contribution in [-0.4, -0.2) is 0 Å². The zero-order valence-electron chi connectivity index (χ0n) is 22.6. The smallest absolute Gasteiger partial charge is 0.308 e. The second kappa shape index (κ2) is 9.19. The molecule has 0 fully saturated rings. The van der Waals surface area contributed by atoms with E-state index in [4.69, 9.17) is 4.52 Å². The first-order valence-electron chi connectivity index (χ1n) is 12.9. The maximum Gasteiger partial charge on any atom is 0.308 e. The molecule has 37 heavy (non-hydrogen) atoms. The third kappa shape index (κ3) is 4.72. The lowest BCUT2D eigenvalue weighted by molar-refractivity contribution is 0.483. The zero-order chi connectivity index (χ0) is 26.4. The van der Waals surface area contributed by atoms with Crippen LogP contribution in [0.15, 0.2) is 103 Å². The largest absolute Gasteiger partial charge is 0.437 e. The second-order valence-corrected chi connectivity index (χ2v) is 14.1. The van der Waals surface area contributed by atoms with E-state index in [1.165, 1.54) is 5.56 Å². The summed E-state index contributed by atoms with van der Waals surface area (Å²) >= 11 is 0. The van der Waals surface area contributed by atoms with Crippen LogP contribution in [0.2, 0.25) is 0 Å². The quantitative estimate of drug-likeness (QED) is 0.228. The Kier molecular flexibility index (Phi) is 6.29. The van der Waals surface area contributed by atoms with Crippen molar-refractivity contribution in [1.82, 2.24) is 0 Å². The summed E-state index contributed by atoms with van der Waals surface area (Å²) in [5.41, 5.74) is 2.09. The number of benzene rings is 5. The van der Waals surface area contributed by atoms with Crippen molar-refractivity contribution in [1.29, 1.82) is 0 Å². The summed E-state index contributed by atoms with van der Waals surface area (Å²) in [6, 6.07) is 34.6. The van der Waals surface area contributed by atoms with Crippen molar-refractivity contribution in [2.45, 2.75) is 52.4 Å². The molecule has 0 bridgehead atoms. The molecule has 0 aliphatic rings. The second-order valence-electron chi connectivity index (χ2n) is 11.9. The van der Waals surface area contributed by atoms with Crippen molar-refractivity contribution in [3.8, 4) is 5.75 Å². The number of hydrogen-bond acceptors (Lipinski definition) is 2. The number of hydrogen-bond donors (Lipinski definition) is 0. The van der Waals surface area contributed by atoms with Crippen LogP contribution in [0.25, 0.3) is 21.5 Å². The summed E-state index contributed by atoms with van der Waals surface area (Å²) in [4.78, 5) is 0. The van der Waals surface area contributed by atoms with Crippen LogP contribution >= 0.6 is 7.37 Å². The van der Waals surface area contributed by atoms with Gasteiger partial charge >= 0.3 is 7.37 Å². The highest BCUT2D eigenvalue weighted by Gasteiger charge is 2.35. The Hall–Kier alpha value is -3.35. The normalized spacial score (nSPS) is 12.7. The van der Waals surface area contributed by atoms with Crippen LogP contribution in [0.4, 0.5) is 0 Å². The Labute approximate surface area is 220 Å². The Morgan fingerprint density at radius 3 is 1.54 bits per heavy atom. The minimum absolute atomic E-state index is 0.00646. The highest BCUT2D eigenvalue weighted by atomic mass is 31.2. The van der Waals surface area contributed by atoms with Crippen molar-refractivity contribution < 1.29 is 9.09 Å². The Bertz CT molecular complexity index is 1560. The summed E-state index contributed by atoms with van der Waals surface area (Å²) in [5.74, 6) is 0.671. The van der Waals surface area contributed by atoms with E-state index in [0.29, 0.717) is 5.75 Å². The predicted molar refractivity (Wildman–Crippen MR) is 159 cm³/mol.